The minimum Gasteiger partial charge on any atom is -0.454 e. The lowest BCUT2D eigenvalue weighted by atomic mass is 10.1. The summed E-state index contributed by atoms with van der Waals surface area (Å²) in [5.74, 6) is 3.32. The zero-order valence-corrected chi connectivity index (χ0v) is 11.1. The number of nitrogens with one attached hydrogen (secondary N) is 1. The van der Waals surface area contributed by atoms with Gasteiger partial charge in [0.1, 0.15) is 0 Å². The van der Waals surface area contributed by atoms with Gasteiger partial charge >= 0.3 is 0 Å². The van der Waals surface area contributed by atoms with E-state index in [-0.39, 0.29) is 6.79 Å². The minimum atomic E-state index is 0.265. The van der Waals surface area contributed by atoms with Gasteiger partial charge in [-0.1, -0.05) is 18.5 Å². The number of thioether (sulfide) groups is 1. The molecule has 2 atom stereocenters. The molecule has 0 spiro atoms. The predicted molar refractivity (Wildman–Crippen MR) is 69.9 cm³/mol. The van der Waals surface area contributed by atoms with Gasteiger partial charge in [-0.25, -0.2) is 0 Å². The summed E-state index contributed by atoms with van der Waals surface area (Å²) in [5.41, 5.74) is 1.16. The molecule has 1 saturated heterocycles. The van der Waals surface area contributed by atoms with Crippen molar-refractivity contribution < 1.29 is 9.47 Å². The summed E-state index contributed by atoms with van der Waals surface area (Å²) in [6.45, 7) is 3.56. The van der Waals surface area contributed by atoms with Crippen molar-refractivity contribution in [2.24, 2.45) is 5.92 Å². The summed E-state index contributed by atoms with van der Waals surface area (Å²) < 4.78 is 10.7. The molecule has 5 heteroatoms. The number of halogens is 1. The first-order chi connectivity index (χ1) is 8.24. The van der Waals surface area contributed by atoms with Crippen LogP contribution in [0.3, 0.4) is 0 Å². The van der Waals surface area contributed by atoms with Crippen molar-refractivity contribution in [2.45, 2.75) is 12.3 Å². The fourth-order valence-electron chi connectivity index (χ4n) is 2.04. The third kappa shape index (κ3) is 2.21. The van der Waals surface area contributed by atoms with Crippen molar-refractivity contribution >= 4 is 23.4 Å². The Morgan fingerprint density at radius 2 is 2.29 bits per heavy atom. The Morgan fingerprint density at radius 3 is 3.06 bits per heavy atom. The van der Waals surface area contributed by atoms with E-state index in [9.17, 15) is 0 Å². The molecular weight excluding hydrogens is 258 g/mol. The van der Waals surface area contributed by atoms with E-state index in [0.29, 0.717) is 16.1 Å². The smallest absolute Gasteiger partial charge is 0.231 e. The molecule has 2 aliphatic heterocycles. The maximum Gasteiger partial charge on any atom is 0.231 e. The molecule has 2 heterocycles. The van der Waals surface area contributed by atoms with E-state index in [1.165, 1.54) is 5.75 Å². The highest BCUT2D eigenvalue weighted by Crippen LogP contribution is 2.43. The van der Waals surface area contributed by atoms with Gasteiger partial charge in [0.25, 0.3) is 0 Å². The molecule has 3 rings (SSSR count). The monoisotopic (exact) mass is 271 g/mol. The number of hydrogen-bond acceptors (Lipinski definition) is 4. The Labute approximate surface area is 110 Å². The van der Waals surface area contributed by atoms with Crippen LogP contribution in [0.15, 0.2) is 12.1 Å². The maximum atomic E-state index is 6.18. The van der Waals surface area contributed by atoms with Gasteiger partial charge in [0, 0.05) is 0 Å². The molecule has 0 radical (unpaired) electrons. The third-order valence-corrected chi connectivity index (χ3v) is 4.77. The fourth-order valence-corrected chi connectivity index (χ4v) is 3.49. The first kappa shape index (κ1) is 11.5. The zero-order chi connectivity index (χ0) is 11.8. The van der Waals surface area contributed by atoms with E-state index in [0.717, 1.165) is 23.8 Å². The average molecular weight is 272 g/mol. The standard InChI is InChI=1S/C12H14ClNO2S/c1-7-4-14-12(17-5-7)8-2-9(13)11-10(3-8)15-6-16-11/h2-3,7,12,14H,4-6H2,1H3. The Kier molecular flexibility index (Phi) is 3.11. The quantitative estimate of drug-likeness (QED) is 0.851. The first-order valence-corrected chi connectivity index (χ1v) is 7.11. The van der Waals surface area contributed by atoms with Crippen LogP contribution < -0.4 is 14.8 Å². The Morgan fingerprint density at radius 1 is 1.41 bits per heavy atom. The molecule has 2 unspecified atom stereocenters. The molecule has 1 fully saturated rings. The predicted octanol–water partition coefficient (Wildman–Crippen LogP) is 3.04. The van der Waals surface area contributed by atoms with Crippen LogP contribution in [0.2, 0.25) is 5.02 Å². The van der Waals surface area contributed by atoms with Gasteiger partial charge in [0.05, 0.1) is 10.4 Å². The molecule has 0 aromatic heterocycles. The van der Waals surface area contributed by atoms with Crippen LogP contribution in [0.4, 0.5) is 0 Å². The van der Waals surface area contributed by atoms with Crippen molar-refractivity contribution in [1.82, 2.24) is 5.32 Å². The van der Waals surface area contributed by atoms with Gasteiger partial charge in [-0.3, -0.25) is 0 Å². The van der Waals surface area contributed by atoms with Crippen molar-refractivity contribution in [3.63, 3.8) is 0 Å². The van der Waals surface area contributed by atoms with Crippen LogP contribution in [-0.2, 0) is 0 Å². The lowest BCUT2D eigenvalue weighted by Gasteiger charge is -2.27. The molecule has 2 aliphatic rings. The first-order valence-electron chi connectivity index (χ1n) is 5.68. The second kappa shape index (κ2) is 4.59. The Hall–Kier alpha value is -0.580. The van der Waals surface area contributed by atoms with Crippen molar-refractivity contribution in [1.29, 1.82) is 0 Å². The van der Waals surface area contributed by atoms with Gasteiger partial charge < -0.3 is 14.8 Å². The topological polar surface area (TPSA) is 30.5 Å². The van der Waals surface area contributed by atoms with Crippen LogP contribution in [0.5, 0.6) is 11.5 Å². The van der Waals surface area contributed by atoms with E-state index in [2.05, 4.69) is 12.2 Å². The lowest BCUT2D eigenvalue weighted by Crippen LogP contribution is -2.31. The Bertz CT molecular complexity index is 433. The van der Waals surface area contributed by atoms with Crippen molar-refractivity contribution in [3.8, 4) is 11.5 Å². The molecule has 1 aromatic carbocycles. The molecule has 0 saturated carbocycles. The Balaban J connectivity index is 1.86. The second-order valence-electron chi connectivity index (χ2n) is 4.46. The molecule has 3 nitrogen and oxygen atoms in total. The zero-order valence-electron chi connectivity index (χ0n) is 9.53. The van der Waals surface area contributed by atoms with E-state index in [4.69, 9.17) is 21.1 Å². The summed E-state index contributed by atoms with van der Waals surface area (Å²) in [5, 5.41) is 4.45. The molecule has 1 N–H and O–H groups in total. The van der Waals surface area contributed by atoms with Crippen molar-refractivity contribution in [3.05, 3.63) is 22.7 Å². The van der Waals surface area contributed by atoms with Crippen LogP contribution in [0.25, 0.3) is 0 Å². The summed E-state index contributed by atoms with van der Waals surface area (Å²) in [6.07, 6.45) is 0. The maximum absolute atomic E-state index is 6.18. The number of benzene rings is 1. The van der Waals surface area contributed by atoms with Crippen molar-refractivity contribution in [2.75, 3.05) is 19.1 Å². The molecule has 92 valence electrons. The molecular formula is C12H14ClNO2S. The van der Waals surface area contributed by atoms with Gasteiger partial charge in [-0.15, -0.1) is 11.8 Å². The van der Waals surface area contributed by atoms with Gasteiger partial charge in [0.15, 0.2) is 11.5 Å². The van der Waals surface area contributed by atoms with E-state index in [1.807, 2.05) is 23.9 Å². The van der Waals surface area contributed by atoms with Crippen LogP contribution in [0.1, 0.15) is 17.9 Å². The van der Waals surface area contributed by atoms with Gasteiger partial charge in [-0.2, -0.15) is 0 Å². The van der Waals surface area contributed by atoms with Crippen LogP contribution in [-0.4, -0.2) is 19.1 Å². The lowest BCUT2D eigenvalue weighted by molar-refractivity contribution is 0.174. The number of fused-ring (bicyclic) bond motifs is 1. The summed E-state index contributed by atoms with van der Waals surface area (Å²) in [4.78, 5) is 0. The second-order valence-corrected chi connectivity index (χ2v) is 6.01. The van der Waals surface area contributed by atoms with E-state index >= 15 is 0 Å². The third-order valence-electron chi connectivity index (χ3n) is 2.95. The largest absolute Gasteiger partial charge is 0.454 e. The molecule has 0 amide bonds. The highest BCUT2D eigenvalue weighted by atomic mass is 35.5. The van der Waals surface area contributed by atoms with E-state index < -0.39 is 0 Å². The molecule has 0 bridgehead atoms. The summed E-state index contributed by atoms with van der Waals surface area (Å²) in [7, 11) is 0. The summed E-state index contributed by atoms with van der Waals surface area (Å²) >= 11 is 8.09. The van der Waals surface area contributed by atoms with E-state index in [1.54, 1.807) is 0 Å². The molecule has 1 aromatic rings. The normalized spacial score (nSPS) is 27.2. The molecule has 0 aliphatic carbocycles. The fraction of sp³-hybridized carbons (Fsp3) is 0.500. The molecule has 17 heavy (non-hydrogen) atoms. The number of hydrogen-bond donors (Lipinski definition) is 1. The van der Waals surface area contributed by atoms with Crippen LogP contribution in [0, 0.1) is 5.92 Å². The van der Waals surface area contributed by atoms with Crippen LogP contribution >= 0.6 is 23.4 Å². The SMILES string of the molecule is CC1CNC(c2cc(Cl)c3c(c2)OCO3)SC1. The highest BCUT2D eigenvalue weighted by molar-refractivity contribution is 7.99. The average Bonchev–Trinajstić information content (AvgIpc) is 2.78. The number of rotatable bonds is 1. The van der Waals surface area contributed by atoms with Gasteiger partial charge in [-0.05, 0) is 35.9 Å². The highest BCUT2D eigenvalue weighted by Gasteiger charge is 2.24. The minimum absolute atomic E-state index is 0.265. The summed E-state index contributed by atoms with van der Waals surface area (Å²) in [6, 6.07) is 3.99. The van der Waals surface area contributed by atoms with Gasteiger partial charge in [0.2, 0.25) is 6.79 Å². The number of ether oxygens (including phenoxy) is 2.